The fourth-order valence-electron chi connectivity index (χ4n) is 1.51. The van der Waals surface area contributed by atoms with Gasteiger partial charge in [-0.05, 0) is 48.5 Å². The molecule has 22 heavy (non-hydrogen) atoms. The number of hydrogen-bond acceptors (Lipinski definition) is 5. The molecule has 0 saturated heterocycles. The second-order valence-electron chi connectivity index (χ2n) is 4.10. The normalized spacial score (nSPS) is 11.8. The topological polar surface area (TPSA) is 82.3 Å². The molecular weight excluding hydrogens is 329 g/mol. The first-order valence-electron chi connectivity index (χ1n) is 5.93. The molecule has 2 aromatic rings. The lowest BCUT2D eigenvalue weighted by atomic mass is 10.3. The monoisotopic (exact) mass is 337 g/mol. The van der Waals surface area contributed by atoms with Crippen LogP contribution in [0.1, 0.15) is 0 Å². The number of sulfone groups is 1. The first-order valence-corrected chi connectivity index (χ1v) is 7.79. The summed E-state index contributed by atoms with van der Waals surface area (Å²) in [5.41, 5.74) is 2.75. The molecule has 0 aromatic heterocycles. The Morgan fingerprint density at radius 1 is 1.14 bits per heavy atom. The smallest absolute Gasteiger partial charge is 0.256 e. The predicted octanol–water partition coefficient (Wildman–Crippen LogP) is 3.20. The van der Waals surface area contributed by atoms with E-state index in [1.807, 2.05) is 0 Å². The van der Waals surface area contributed by atoms with Crippen LogP contribution in [0.2, 0.25) is 5.02 Å². The molecule has 0 aliphatic heterocycles. The van der Waals surface area contributed by atoms with Gasteiger partial charge in [-0.3, -0.25) is 5.43 Å². The minimum absolute atomic E-state index is 0.0990. The van der Waals surface area contributed by atoms with Gasteiger partial charge in [-0.15, -0.1) is 0 Å². The van der Waals surface area contributed by atoms with E-state index >= 15 is 0 Å². The summed E-state index contributed by atoms with van der Waals surface area (Å²) >= 11 is 5.70. The third-order valence-corrected chi connectivity index (χ3v) is 4.44. The summed E-state index contributed by atoms with van der Waals surface area (Å²) in [7, 11) is -4.05. The van der Waals surface area contributed by atoms with E-state index in [0.29, 0.717) is 10.7 Å². The maximum absolute atomic E-state index is 12.8. The number of benzene rings is 2. The fourth-order valence-corrected chi connectivity index (χ4v) is 2.64. The van der Waals surface area contributed by atoms with E-state index in [9.17, 15) is 12.8 Å². The van der Waals surface area contributed by atoms with Crippen molar-refractivity contribution in [2.24, 2.45) is 5.10 Å². The Hall–Kier alpha value is -2.43. The van der Waals surface area contributed by atoms with Crippen LogP contribution in [0.3, 0.4) is 0 Å². The van der Waals surface area contributed by atoms with Crippen molar-refractivity contribution in [3.63, 3.8) is 0 Å². The molecule has 0 unspecified atom stereocenters. The molecular formula is C14H9ClFN3O2S. The van der Waals surface area contributed by atoms with Gasteiger partial charge in [-0.2, -0.15) is 10.4 Å². The minimum Gasteiger partial charge on any atom is -0.277 e. The van der Waals surface area contributed by atoms with E-state index in [4.69, 9.17) is 16.9 Å². The molecule has 0 aliphatic rings. The summed E-state index contributed by atoms with van der Waals surface area (Å²) in [6.07, 6.45) is 0. The molecule has 0 bridgehead atoms. The second kappa shape index (κ2) is 6.56. The standard InChI is InChI=1S/C14H9ClFN3O2S/c15-10-1-7-13(8-2-10)22(20,21)14(9-17)19-18-12-5-3-11(16)4-6-12/h1-8,18H/b19-14-. The van der Waals surface area contributed by atoms with Crippen LogP contribution in [0.15, 0.2) is 58.5 Å². The molecule has 0 fully saturated rings. The van der Waals surface area contributed by atoms with Crippen LogP contribution in [0, 0.1) is 17.1 Å². The van der Waals surface area contributed by atoms with Gasteiger partial charge in [0, 0.05) is 5.02 Å². The Bertz CT molecular complexity index is 841. The highest BCUT2D eigenvalue weighted by atomic mass is 35.5. The van der Waals surface area contributed by atoms with Gasteiger partial charge in [0.2, 0.25) is 9.84 Å². The third-order valence-electron chi connectivity index (χ3n) is 2.60. The van der Waals surface area contributed by atoms with Gasteiger partial charge in [-0.1, -0.05) is 11.6 Å². The summed E-state index contributed by atoms with van der Waals surface area (Å²) < 4.78 is 37.3. The summed E-state index contributed by atoms with van der Waals surface area (Å²) in [5.74, 6) is -0.441. The van der Waals surface area contributed by atoms with E-state index in [1.54, 1.807) is 0 Å². The first-order chi connectivity index (χ1) is 10.4. The zero-order valence-electron chi connectivity index (χ0n) is 11.0. The molecule has 2 rings (SSSR count). The number of nitriles is 1. The minimum atomic E-state index is -4.05. The average molecular weight is 338 g/mol. The molecule has 0 aliphatic carbocycles. The Labute approximate surface area is 131 Å². The maximum Gasteiger partial charge on any atom is 0.256 e. The van der Waals surface area contributed by atoms with Gasteiger partial charge >= 0.3 is 0 Å². The molecule has 0 spiro atoms. The van der Waals surface area contributed by atoms with Crippen LogP contribution >= 0.6 is 11.6 Å². The van der Waals surface area contributed by atoms with Gasteiger partial charge in [-0.25, -0.2) is 12.8 Å². The van der Waals surface area contributed by atoms with Crippen LogP contribution in [-0.4, -0.2) is 13.5 Å². The second-order valence-corrected chi connectivity index (χ2v) is 6.41. The van der Waals surface area contributed by atoms with Gasteiger partial charge in [0.05, 0.1) is 10.6 Å². The van der Waals surface area contributed by atoms with Crippen molar-refractivity contribution in [1.29, 1.82) is 5.26 Å². The molecule has 1 N–H and O–H groups in total. The Morgan fingerprint density at radius 3 is 2.27 bits per heavy atom. The van der Waals surface area contributed by atoms with Crippen molar-refractivity contribution in [2.45, 2.75) is 4.90 Å². The van der Waals surface area contributed by atoms with Gasteiger partial charge < -0.3 is 0 Å². The van der Waals surface area contributed by atoms with Crippen molar-refractivity contribution in [1.82, 2.24) is 0 Å². The molecule has 0 atom stereocenters. The molecule has 8 heteroatoms. The van der Waals surface area contributed by atoms with Crippen LogP contribution in [0.25, 0.3) is 0 Å². The van der Waals surface area contributed by atoms with Crippen molar-refractivity contribution < 1.29 is 12.8 Å². The van der Waals surface area contributed by atoms with Crippen LogP contribution in [0.5, 0.6) is 0 Å². The Balaban J connectivity index is 2.30. The van der Waals surface area contributed by atoms with Crippen molar-refractivity contribution in [3.8, 4) is 6.07 Å². The zero-order valence-corrected chi connectivity index (χ0v) is 12.6. The number of nitrogens with one attached hydrogen (secondary N) is 1. The summed E-state index contributed by atoms with van der Waals surface area (Å²) in [4.78, 5) is -0.0990. The lowest BCUT2D eigenvalue weighted by molar-refractivity contribution is 0.607. The molecule has 2 aromatic carbocycles. The van der Waals surface area contributed by atoms with E-state index in [2.05, 4.69) is 10.5 Å². The van der Waals surface area contributed by atoms with Crippen LogP contribution in [-0.2, 0) is 9.84 Å². The number of nitrogens with zero attached hydrogens (tertiary/aromatic N) is 2. The molecule has 0 radical (unpaired) electrons. The highest BCUT2D eigenvalue weighted by Crippen LogP contribution is 2.17. The summed E-state index contributed by atoms with van der Waals surface area (Å²) in [5, 5.41) is 12.3. The van der Waals surface area contributed by atoms with Gasteiger partial charge in [0.15, 0.2) is 0 Å². The van der Waals surface area contributed by atoms with Crippen LogP contribution in [0.4, 0.5) is 10.1 Å². The average Bonchev–Trinajstić information content (AvgIpc) is 2.50. The lowest BCUT2D eigenvalue weighted by Crippen LogP contribution is -2.15. The molecule has 0 saturated carbocycles. The largest absolute Gasteiger partial charge is 0.277 e. The number of hydrazone groups is 1. The maximum atomic E-state index is 12.8. The van der Waals surface area contributed by atoms with Crippen LogP contribution < -0.4 is 5.43 Å². The summed E-state index contributed by atoms with van der Waals surface area (Å²) in [6, 6.07) is 12.0. The van der Waals surface area contributed by atoms with Gasteiger partial charge in [0.1, 0.15) is 11.9 Å². The third kappa shape index (κ3) is 3.61. The number of halogens is 2. The van der Waals surface area contributed by atoms with E-state index < -0.39 is 20.7 Å². The lowest BCUT2D eigenvalue weighted by Gasteiger charge is -2.04. The number of rotatable bonds is 3. The van der Waals surface area contributed by atoms with Crippen molar-refractivity contribution >= 4 is 32.2 Å². The zero-order chi connectivity index (χ0) is 16.2. The molecule has 112 valence electrons. The quantitative estimate of drug-likeness (QED) is 0.529. The molecule has 5 nitrogen and oxygen atoms in total. The highest BCUT2D eigenvalue weighted by Gasteiger charge is 2.22. The highest BCUT2D eigenvalue weighted by molar-refractivity contribution is 8.07. The number of anilines is 1. The van der Waals surface area contributed by atoms with Crippen molar-refractivity contribution in [3.05, 3.63) is 59.4 Å². The molecule has 0 amide bonds. The summed E-state index contributed by atoms with van der Waals surface area (Å²) in [6.45, 7) is 0. The van der Waals surface area contributed by atoms with Gasteiger partial charge in [0.25, 0.3) is 5.04 Å². The van der Waals surface area contributed by atoms with E-state index in [-0.39, 0.29) is 4.90 Å². The predicted molar refractivity (Wildman–Crippen MR) is 81.7 cm³/mol. The molecule has 0 heterocycles. The first kappa shape index (κ1) is 15.9. The number of hydrogen-bond donors (Lipinski definition) is 1. The fraction of sp³-hybridized carbons (Fsp3) is 0. The van der Waals surface area contributed by atoms with E-state index in [0.717, 1.165) is 0 Å². The Kier molecular flexibility index (Phi) is 4.75. The van der Waals surface area contributed by atoms with E-state index in [1.165, 1.54) is 54.6 Å². The van der Waals surface area contributed by atoms with Crippen molar-refractivity contribution in [2.75, 3.05) is 5.43 Å². The SMILES string of the molecule is N#C/C(=N/Nc1ccc(F)cc1)S(=O)(=O)c1ccc(Cl)cc1. The Morgan fingerprint density at radius 2 is 1.73 bits per heavy atom.